The number of cyclic esters (lactones) is 1. The lowest BCUT2D eigenvalue weighted by Gasteiger charge is -2.08. The third-order valence-corrected chi connectivity index (χ3v) is 2.63. The summed E-state index contributed by atoms with van der Waals surface area (Å²) < 4.78 is 19.1. The molecule has 2 amide bonds. The van der Waals surface area contributed by atoms with E-state index in [1.807, 2.05) is 0 Å². The van der Waals surface area contributed by atoms with Crippen LogP contribution in [0.3, 0.4) is 0 Å². The second-order valence-corrected chi connectivity index (χ2v) is 4.40. The first-order valence-corrected chi connectivity index (χ1v) is 6.39. The first kappa shape index (κ1) is 15.8. The quantitative estimate of drug-likeness (QED) is 0.334. The fraction of sp³-hybridized carbons (Fsp3) is 0.500. The number of hydrogen-bond acceptors (Lipinski definition) is 8. The lowest BCUT2D eigenvalue weighted by atomic mass is 10.3. The minimum absolute atomic E-state index is 0.0636. The summed E-state index contributed by atoms with van der Waals surface area (Å²) >= 11 is 0. The SMILES string of the molecule is O=C1COC(COC(=O)/C=C/C(=O)OCC2COC(=O)N2)N1. The standard InChI is InChI=1S/C12H14N2O8/c15-8-5-19-9(14-8)6-21-11(17)2-1-10(16)20-3-7-4-22-12(18)13-7/h1-2,7,9H,3-6H2,(H,13,18)(H,14,15)/b2-1+. The van der Waals surface area contributed by atoms with Gasteiger partial charge in [-0.15, -0.1) is 0 Å². The smallest absolute Gasteiger partial charge is 0.407 e. The number of ether oxygens (including phenoxy) is 4. The molecule has 2 N–H and O–H groups in total. The van der Waals surface area contributed by atoms with Crippen molar-refractivity contribution in [3.05, 3.63) is 12.2 Å². The highest BCUT2D eigenvalue weighted by Crippen LogP contribution is 1.99. The Hall–Kier alpha value is -2.62. The molecule has 0 aromatic carbocycles. The van der Waals surface area contributed by atoms with Crippen LogP contribution in [-0.2, 0) is 33.3 Å². The zero-order valence-corrected chi connectivity index (χ0v) is 11.4. The number of alkyl carbamates (subject to hydrolysis) is 1. The van der Waals surface area contributed by atoms with Crippen molar-refractivity contribution in [2.45, 2.75) is 12.3 Å². The molecule has 10 nitrogen and oxygen atoms in total. The Labute approximate surface area is 124 Å². The zero-order chi connectivity index (χ0) is 15.9. The zero-order valence-electron chi connectivity index (χ0n) is 11.4. The van der Waals surface area contributed by atoms with Crippen molar-refractivity contribution in [3.8, 4) is 0 Å². The van der Waals surface area contributed by atoms with Crippen LogP contribution in [0.4, 0.5) is 4.79 Å². The van der Waals surface area contributed by atoms with Gasteiger partial charge in [0.15, 0.2) is 6.23 Å². The molecule has 2 aliphatic rings. The molecule has 0 bridgehead atoms. The predicted molar refractivity (Wildman–Crippen MR) is 67.2 cm³/mol. The van der Waals surface area contributed by atoms with Gasteiger partial charge in [0.25, 0.3) is 0 Å². The first-order chi connectivity index (χ1) is 10.5. The largest absolute Gasteiger partial charge is 0.460 e. The second kappa shape index (κ2) is 7.41. The molecule has 2 rings (SSSR count). The fourth-order valence-electron chi connectivity index (χ4n) is 1.62. The van der Waals surface area contributed by atoms with Crippen LogP contribution < -0.4 is 10.6 Å². The molecule has 22 heavy (non-hydrogen) atoms. The number of nitrogens with one attached hydrogen (secondary N) is 2. The van der Waals surface area contributed by atoms with Crippen LogP contribution in [0.15, 0.2) is 12.2 Å². The van der Waals surface area contributed by atoms with Gasteiger partial charge in [0.1, 0.15) is 32.5 Å². The number of hydrogen-bond donors (Lipinski definition) is 2. The topological polar surface area (TPSA) is 129 Å². The molecule has 0 aliphatic carbocycles. The number of carbonyl (C=O) groups excluding carboxylic acids is 4. The van der Waals surface area contributed by atoms with Crippen molar-refractivity contribution in [2.75, 3.05) is 26.4 Å². The molecule has 0 saturated carbocycles. The molecule has 0 radical (unpaired) electrons. The molecule has 2 unspecified atom stereocenters. The van der Waals surface area contributed by atoms with Crippen molar-refractivity contribution >= 4 is 23.9 Å². The van der Waals surface area contributed by atoms with E-state index in [4.69, 9.17) is 14.2 Å². The summed E-state index contributed by atoms with van der Waals surface area (Å²) in [5, 5.41) is 4.86. The van der Waals surface area contributed by atoms with Gasteiger partial charge in [0.05, 0.1) is 0 Å². The molecular formula is C12H14N2O8. The summed E-state index contributed by atoms with van der Waals surface area (Å²) in [4.78, 5) is 44.2. The molecule has 0 spiro atoms. The summed E-state index contributed by atoms with van der Waals surface area (Å²) in [6.45, 7) is -0.182. The molecule has 2 fully saturated rings. The van der Waals surface area contributed by atoms with E-state index in [-0.39, 0.29) is 32.3 Å². The molecule has 0 aromatic rings. The normalized spacial score (nSPS) is 23.8. The van der Waals surface area contributed by atoms with Crippen molar-refractivity contribution in [3.63, 3.8) is 0 Å². The number of rotatable bonds is 6. The Morgan fingerprint density at radius 2 is 1.82 bits per heavy atom. The summed E-state index contributed by atoms with van der Waals surface area (Å²) in [5.74, 6) is -1.83. The molecule has 0 aromatic heterocycles. The lowest BCUT2D eigenvalue weighted by molar-refractivity contribution is -0.142. The van der Waals surface area contributed by atoms with Crippen LogP contribution in [0.5, 0.6) is 0 Å². The summed E-state index contributed by atoms with van der Waals surface area (Å²) in [5.41, 5.74) is 0. The molecule has 2 heterocycles. The van der Waals surface area contributed by atoms with Crippen molar-refractivity contribution in [2.24, 2.45) is 0 Å². The third kappa shape index (κ3) is 5.05. The highest BCUT2D eigenvalue weighted by atomic mass is 16.6. The predicted octanol–water partition coefficient (Wildman–Crippen LogP) is -1.79. The van der Waals surface area contributed by atoms with E-state index in [0.29, 0.717) is 0 Å². The maximum Gasteiger partial charge on any atom is 0.407 e. The van der Waals surface area contributed by atoms with E-state index >= 15 is 0 Å². The van der Waals surface area contributed by atoms with E-state index in [1.54, 1.807) is 0 Å². The van der Waals surface area contributed by atoms with Crippen molar-refractivity contribution < 1.29 is 38.1 Å². The van der Waals surface area contributed by atoms with Gasteiger partial charge >= 0.3 is 18.0 Å². The van der Waals surface area contributed by atoms with Crippen molar-refractivity contribution in [1.82, 2.24) is 10.6 Å². The Morgan fingerprint density at radius 3 is 2.36 bits per heavy atom. The molecule has 2 atom stereocenters. The molecule has 10 heteroatoms. The van der Waals surface area contributed by atoms with E-state index < -0.39 is 30.3 Å². The van der Waals surface area contributed by atoms with Gasteiger partial charge in [-0.05, 0) is 0 Å². The van der Waals surface area contributed by atoms with Crippen LogP contribution in [-0.4, -0.2) is 62.6 Å². The Kier molecular flexibility index (Phi) is 5.31. The van der Waals surface area contributed by atoms with Crippen LogP contribution in [0, 0.1) is 0 Å². The summed E-state index contributed by atoms with van der Waals surface area (Å²) in [6.07, 6.45) is 0.542. The minimum Gasteiger partial charge on any atom is -0.460 e. The van der Waals surface area contributed by atoms with Crippen molar-refractivity contribution in [1.29, 1.82) is 0 Å². The second-order valence-electron chi connectivity index (χ2n) is 4.40. The monoisotopic (exact) mass is 314 g/mol. The fourth-order valence-corrected chi connectivity index (χ4v) is 1.62. The average molecular weight is 314 g/mol. The number of carbonyl (C=O) groups is 4. The minimum atomic E-state index is -0.779. The highest BCUT2D eigenvalue weighted by molar-refractivity contribution is 5.91. The van der Waals surface area contributed by atoms with E-state index in [0.717, 1.165) is 12.2 Å². The van der Waals surface area contributed by atoms with Crippen LogP contribution >= 0.6 is 0 Å². The van der Waals surface area contributed by atoms with Gasteiger partial charge in [-0.2, -0.15) is 0 Å². The maximum atomic E-state index is 11.3. The number of amides is 2. The lowest BCUT2D eigenvalue weighted by Crippen LogP contribution is -2.32. The van der Waals surface area contributed by atoms with Gasteiger partial charge in [-0.1, -0.05) is 0 Å². The summed E-state index contributed by atoms with van der Waals surface area (Å²) in [7, 11) is 0. The average Bonchev–Trinajstić information content (AvgIpc) is 3.09. The van der Waals surface area contributed by atoms with Gasteiger partial charge in [0.2, 0.25) is 5.91 Å². The van der Waals surface area contributed by atoms with E-state index in [2.05, 4.69) is 15.4 Å². The first-order valence-electron chi connectivity index (χ1n) is 6.39. The van der Waals surface area contributed by atoms with E-state index in [1.165, 1.54) is 0 Å². The van der Waals surface area contributed by atoms with Gasteiger partial charge < -0.3 is 29.6 Å². The van der Waals surface area contributed by atoms with Gasteiger partial charge in [-0.25, -0.2) is 14.4 Å². The van der Waals surface area contributed by atoms with Crippen LogP contribution in [0.1, 0.15) is 0 Å². The molecular weight excluding hydrogens is 300 g/mol. The maximum absolute atomic E-state index is 11.3. The third-order valence-electron chi connectivity index (χ3n) is 2.63. The molecule has 2 aliphatic heterocycles. The summed E-state index contributed by atoms with van der Waals surface area (Å²) in [6, 6.07) is -0.403. The van der Waals surface area contributed by atoms with Gasteiger partial charge in [-0.3, -0.25) is 4.79 Å². The highest BCUT2D eigenvalue weighted by Gasteiger charge is 2.23. The van der Waals surface area contributed by atoms with Gasteiger partial charge in [0, 0.05) is 12.2 Å². The molecule has 120 valence electrons. The van der Waals surface area contributed by atoms with Crippen LogP contribution in [0.2, 0.25) is 0 Å². The molecule has 2 saturated heterocycles. The Morgan fingerprint density at radius 1 is 1.14 bits per heavy atom. The van der Waals surface area contributed by atoms with E-state index in [9.17, 15) is 19.2 Å². The Bertz CT molecular complexity index is 459. The Balaban J connectivity index is 1.60. The number of esters is 2. The van der Waals surface area contributed by atoms with Crippen LogP contribution in [0.25, 0.3) is 0 Å².